The Morgan fingerprint density at radius 2 is 2.16 bits per heavy atom. The number of aromatic nitrogens is 2. The second-order valence-electron chi connectivity index (χ2n) is 5.35. The zero-order chi connectivity index (χ0) is 18.1. The van der Waals surface area contributed by atoms with Crippen LogP contribution in [-0.2, 0) is 11.2 Å². The summed E-state index contributed by atoms with van der Waals surface area (Å²) in [5.74, 6) is 0.825. The smallest absolute Gasteiger partial charge is 0.264 e. The fourth-order valence-corrected chi connectivity index (χ4v) is 2.93. The molecule has 0 unspecified atom stereocenters. The first-order valence-corrected chi connectivity index (χ1v) is 9.03. The largest absolute Gasteiger partial charge is 0.493 e. The van der Waals surface area contributed by atoms with Crippen molar-refractivity contribution in [3.05, 3.63) is 34.8 Å². The Morgan fingerprint density at radius 3 is 2.88 bits per heavy atom. The molecule has 0 radical (unpaired) electrons. The van der Waals surface area contributed by atoms with E-state index in [-0.39, 0.29) is 12.5 Å². The fourth-order valence-electron chi connectivity index (χ4n) is 2.13. The molecule has 1 heterocycles. The standard InChI is InChI=1S/C18H23N3O3S/c1-4-6-8-17-20-21-18(25-17)19-16(22)12-24-14-10-9-13(7-5-2)11-15(14)23-3/h5,7,9-11H,4,6,8,12H2,1-3H3,(H,19,21,22)/b7-5+. The average Bonchev–Trinajstić information content (AvgIpc) is 3.06. The molecule has 0 aliphatic carbocycles. The van der Waals surface area contributed by atoms with Crippen LogP contribution in [0.2, 0.25) is 0 Å². The lowest BCUT2D eigenvalue weighted by atomic mass is 10.2. The van der Waals surface area contributed by atoms with E-state index in [0.29, 0.717) is 16.6 Å². The third-order valence-electron chi connectivity index (χ3n) is 3.36. The normalized spacial score (nSPS) is 10.8. The lowest BCUT2D eigenvalue weighted by molar-refractivity contribution is -0.118. The quantitative estimate of drug-likeness (QED) is 0.732. The summed E-state index contributed by atoms with van der Waals surface area (Å²) < 4.78 is 10.9. The maximum absolute atomic E-state index is 12.0. The van der Waals surface area contributed by atoms with Crippen molar-refractivity contribution >= 4 is 28.5 Å². The molecule has 1 aromatic carbocycles. The van der Waals surface area contributed by atoms with Crippen LogP contribution < -0.4 is 14.8 Å². The van der Waals surface area contributed by atoms with Gasteiger partial charge in [0, 0.05) is 6.42 Å². The molecule has 25 heavy (non-hydrogen) atoms. The van der Waals surface area contributed by atoms with Crippen LogP contribution >= 0.6 is 11.3 Å². The van der Waals surface area contributed by atoms with E-state index in [1.807, 2.05) is 31.2 Å². The first-order valence-electron chi connectivity index (χ1n) is 8.22. The molecule has 1 N–H and O–H groups in total. The molecular formula is C18H23N3O3S. The molecule has 2 aromatic rings. The highest BCUT2D eigenvalue weighted by molar-refractivity contribution is 7.15. The zero-order valence-corrected chi connectivity index (χ0v) is 15.6. The maximum atomic E-state index is 12.0. The highest BCUT2D eigenvalue weighted by Crippen LogP contribution is 2.28. The number of amides is 1. The molecule has 0 spiro atoms. The molecule has 0 aliphatic rings. The van der Waals surface area contributed by atoms with Crippen molar-refractivity contribution in [3.8, 4) is 11.5 Å². The molecule has 0 atom stereocenters. The van der Waals surface area contributed by atoms with Gasteiger partial charge in [-0.3, -0.25) is 10.1 Å². The number of unbranched alkanes of at least 4 members (excludes halogenated alkanes) is 1. The monoisotopic (exact) mass is 361 g/mol. The minimum absolute atomic E-state index is 0.122. The summed E-state index contributed by atoms with van der Waals surface area (Å²) in [4.78, 5) is 12.0. The van der Waals surface area contributed by atoms with Crippen molar-refractivity contribution in [2.45, 2.75) is 33.1 Å². The van der Waals surface area contributed by atoms with Crippen molar-refractivity contribution in [2.24, 2.45) is 0 Å². The number of carbonyl (C=O) groups excluding carboxylic acids is 1. The minimum Gasteiger partial charge on any atom is -0.493 e. The third-order valence-corrected chi connectivity index (χ3v) is 4.26. The summed E-state index contributed by atoms with van der Waals surface area (Å²) in [6.07, 6.45) is 6.96. The van der Waals surface area contributed by atoms with E-state index < -0.39 is 0 Å². The SMILES string of the molecule is C/C=C/c1ccc(OCC(=O)Nc2nnc(CCCC)s2)c(OC)c1. The van der Waals surface area contributed by atoms with Gasteiger partial charge in [-0.15, -0.1) is 10.2 Å². The summed E-state index contributed by atoms with van der Waals surface area (Å²) >= 11 is 1.40. The molecule has 1 aromatic heterocycles. The number of benzene rings is 1. The number of nitrogens with one attached hydrogen (secondary N) is 1. The van der Waals surface area contributed by atoms with Crippen LogP contribution in [0.5, 0.6) is 11.5 Å². The molecule has 0 fully saturated rings. The highest BCUT2D eigenvalue weighted by atomic mass is 32.1. The molecule has 7 heteroatoms. The van der Waals surface area contributed by atoms with Crippen LogP contribution in [0.4, 0.5) is 5.13 Å². The molecular weight excluding hydrogens is 338 g/mol. The number of anilines is 1. The van der Waals surface area contributed by atoms with Crippen molar-refractivity contribution in [3.63, 3.8) is 0 Å². The highest BCUT2D eigenvalue weighted by Gasteiger charge is 2.11. The van der Waals surface area contributed by atoms with Crippen LogP contribution in [0.3, 0.4) is 0 Å². The number of hydrogen-bond donors (Lipinski definition) is 1. The van der Waals surface area contributed by atoms with Gasteiger partial charge in [0.25, 0.3) is 5.91 Å². The number of rotatable bonds is 9. The van der Waals surface area contributed by atoms with Gasteiger partial charge in [-0.05, 0) is 31.0 Å². The first kappa shape index (κ1) is 18.9. The van der Waals surface area contributed by atoms with Gasteiger partial charge in [0.1, 0.15) is 5.01 Å². The predicted molar refractivity (Wildman–Crippen MR) is 100 cm³/mol. The van der Waals surface area contributed by atoms with Gasteiger partial charge in [-0.1, -0.05) is 42.9 Å². The van der Waals surface area contributed by atoms with Gasteiger partial charge in [0.15, 0.2) is 18.1 Å². The number of carbonyl (C=O) groups is 1. The number of methoxy groups -OCH3 is 1. The molecule has 2 rings (SSSR count). The maximum Gasteiger partial charge on any atom is 0.264 e. The van der Waals surface area contributed by atoms with Gasteiger partial charge in [-0.2, -0.15) is 0 Å². The van der Waals surface area contributed by atoms with E-state index in [0.717, 1.165) is 29.8 Å². The van der Waals surface area contributed by atoms with Crippen molar-refractivity contribution in [1.82, 2.24) is 10.2 Å². The fraction of sp³-hybridized carbons (Fsp3) is 0.389. The Morgan fingerprint density at radius 1 is 1.32 bits per heavy atom. The number of aryl methyl sites for hydroxylation is 1. The van der Waals surface area contributed by atoms with E-state index in [1.165, 1.54) is 11.3 Å². The Balaban J connectivity index is 1.90. The van der Waals surface area contributed by atoms with E-state index >= 15 is 0 Å². The number of ether oxygens (including phenoxy) is 2. The van der Waals surface area contributed by atoms with Crippen LogP contribution in [0.1, 0.15) is 37.3 Å². The average molecular weight is 361 g/mol. The van der Waals surface area contributed by atoms with Crippen molar-refractivity contribution in [1.29, 1.82) is 0 Å². The number of hydrogen-bond acceptors (Lipinski definition) is 6. The van der Waals surface area contributed by atoms with Gasteiger partial charge in [-0.25, -0.2) is 0 Å². The van der Waals surface area contributed by atoms with E-state index in [9.17, 15) is 4.79 Å². The lowest BCUT2D eigenvalue weighted by Crippen LogP contribution is -2.20. The molecule has 0 bridgehead atoms. The molecule has 6 nitrogen and oxygen atoms in total. The van der Waals surface area contributed by atoms with Crippen LogP contribution in [0, 0.1) is 0 Å². The number of nitrogens with zero attached hydrogens (tertiary/aromatic N) is 2. The second kappa shape index (κ2) is 9.78. The van der Waals surface area contributed by atoms with Gasteiger partial charge < -0.3 is 9.47 Å². The topological polar surface area (TPSA) is 73.3 Å². The predicted octanol–water partition coefficient (Wildman–Crippen LogP) is 3.94. The Hall–Kier alpha value is -2.41. The molecule has 0 aliphatic heterocycles. The summed E-state index contributed by atoms with van der Waals surface area (Å²) in [5, 5.41) is 12.2. The van der Waals surface area contributed by atoms with Gasteiger partial charge in [0.05, 0.1) is 7.11 Å². The van der Waals surface area contributed by atoms with Crippen LogP contribution in [-0.4, -0.2) is 29.8 Å². The van der Waals surface area contributed by atoms with Crippen LogP contribution in [0.15, 0.2) is 24.3 Å². The molecule has 134 valence electrons. The molecule has 0 saturated carbocycles. The molecule has 1 amide bonds. The minimum atomic E-state index is -0.280. The third kappa shape index (κ3) is 5.86. The zero-order valence-electron chi connectivity index (χ0n) is 14.7. The lowest BCUT2D eigenvalue weighted by Gasteiger charge is -2.10. The van der Waals surface area contributed by atoms with Gasteiger partial charge >= 0.3 is 0 Å². The Labute approximate surface area is 151 Å². The van der Waals surface area contributed by atoms with E-state index in [1.54, 1.807) is 13.2 Å². The summed E-state index contributed by atoms with van der Waals surface area (Å²) in [6.45, 7) is 3.95. The summed E-state index contributed by atoms with van der Waals surface area (Å²) in [6, 6.07) is 5.55. The second-order valence-corrected chi connectivity index (χ2v) is 6.41. The summed E-state index contributed by atoms with van der Waals surface area (Å²) in [5.41, 5.74) is 1.00. The molecule has 0 saturated heterocycles. The first-order chi connectivity index (χ1) is 12.2. The van der Waals surface area contributed by atoms with Crippen molar-refractivity contribution in [2.75, 3.05) is 19.0 Å². The van der Waals surface area contributed by atoms with Crippen LogP contribution in [0.25, 0.3) is 6.08 Å². The summed E-state index contributed by atoms with van der Waals surface area (Å²) in [7, 11) is 1.57. The van der Waals surface area contributed by atoms with Gasteiger partial charge in [0.2, 0.25) is 5.13 Å². The van der Waals surface area contributed by atoms with E-state index in [2.05, 4.69) is 22.4 Å². The van der Waals surface area contributed by atoms with E-state index in [4.69, 9.17) is 9.47 Å². The Kier molecular flexibility index (Phi) is 7.40. The van der Waals surface area contributed by atoms with Crippen molar-refractivity contribution < 1.29 is 14.3 Å². The Bertz CT molecular complexity index is 728. The number of allylic oxidation sites excluding steroid dienone is 1.